The molecule has 1 fully saturated rings. The van der Waals surface area contributed by atoms with E-state index < -0.39 is 17.7 Å². The third-order valence-electron chi connectivity index (χ3n) is 4.51. The molecule has 1 amide bonds. The Kier molecular flexibility index (Phi) is 7.07. The fourth-order valence-electron chi connectivity index (χ4n) is 3.15. The van der Waals surface area contributed by atoms with Crippen LogP contribution in [0.3, 0.4) is 0 Å². The lowest BCUT2D eigenvalue weighted by molar-refractivity contribution is 0.0468. The number of alkyl carbamates (subject to hydrolysis) is 1. The predicted molar refractivity (Wildman–Crippen MR) is 102 cm³/mol. The fraction of sp³-hybridized carbons (Fsp3) is 0.600. The van der Waals surface area contributed by atoms with E-state index >= 15 is 0 Å². The molecule has 2 rings (SSSR count). The average molecular weight is 378 g/mol. The second-order valence-electron chi connectivity index (χ2n) is 7.88. The van der Waals surface area contributed by atoms with E-state index in [1.165, 1.54) is 7.11 Å². The Balaban J connectivity index is 1.94. The monoisotopic (exact) mass is 378 g/mol. The van der Waals surface area contributed by atoms with E-state index in [0.717, 1.165) is 12.8 Å². The minimum absolute atomic E-state index is 0.0101. The number of methoxy groups -OCH3 is 1. The van der Waals surface area contributed by atoms with Gasteiger partial charge in [-0.15, -0.1) is 0 Å². The van der Waals surface area contributed by atoms with E-state index in [2.05, 4.69) is 5.32 Å². The van der Waals surface area contributed by atoms with Gasteiger partial charge in [0.25, 0.3) is 0 Å². The van der Waals surface area contributed by atoms with Crippen LogP contribution in [0.2, 0.25) is 0 Å². The zero-order valence-electron chi connectivity index (χ0n) is 16.5. The topological polar surface area (TPSA) is 99.9 Å². The first-order valence-corrected chi connectivity index (χ1v) is 9.25. The van der Waals surface area contributed by atoms with Crippen LogP contribution in [0.25, 0.3) is 0 Å². The van der Waals surface area contributed by atoms with Crippen molar-refractivity contribution in [3.63, 3.8) is 0 Å². The number of para-hydroxylation sites is 1. The van der Waals surface area contributed by atoms with Gasteiger partial charge in [-0.2, -0.15) is 0 Å². The number of hydrogen-bond acceptors (Lipinski definition) is 6. The maximum Gasteiger partial charge on any atom is 0.407 e. The number of nitrogens with one attached hydrogen (secondary N) is 1. The SMILES string of the molecule is COC(=O)c1ccccc1OC[C@@H]1C[C@H](NC(=O)OC(C)(C)C)CC[C@@H]1N. The number of esters is 1. The highest BCUT2D eigenvalue weighted by molar-refractivity contribution is 5.92. The Hall–Kier alpha value is -2.28. The molecule has 3 atom stereocenters. The number of hydrogen-bond donors (Lipinski definition) is 2. The maximum absolute atomic E-state index is 12.0. The van der Waals surface area contributed by atoms with Crippen LogP contribution in [-0.2, 0) is 9.47 Å². The van der Waals surface area contributed by atoms with Crippen LogP contribution in [0.15, 0.2) is 24.3 Å². The Bertz CT molecular complexity index is 656. The number of nitrogens with two attached hydrogens (primary N) is 1. The first-order valence-electron chi connectivity index (χ1n) is 9.25. The molecule has 150 valence electrons. The van der Waals surface area contributed by atoms with Crippen molar-refractivity contribution >= 4 is 12.1 Å². The quantitative estimate of drug-likeness (QED) is 0.764. The molecule has 0 heterocycles. The Morgan fingerprint density at radius 1 is 1.22 bits per heavy atom. The van der Waals surface area contributed by atoms with Gasteiger partial charge in [-0.1, -0.05) is 12.1 Å². The van der Waals surface area contributed by atoms with Crippen LogP contribution in [0.5, 0.6) is 5.75 Å². The van der Waals surface area contributed by atoms with Gasteiger partial charge in [-0.25, -0.2) is 9.59 Å². The number of amides is 1. The lowest BCUT2D eigenvalue weighted by atomic mass is 9.82. The second-order valence-corrected chi connectivity index (χ2v) is 7.88. The van der Waals surface area contributed by atoms with Crippen molar-refractivity contribution in [3.8, 4) is 5.75 Å². The molecule has 1 aliphatic rings. The van der Waals surface area contributed by atoms with E-state index in [1.807, 2.05) is 20.8 Å². The molecule has 0 saturated heterocycles. The molecular weight excluding hydrogens is 348 g/mol. The number of carbonyl (C=O) groups is 2. The third-order valence-corrected chi connectivity index (χ3v) is 4.51. The van der Waals surface area contributed by atoms with Gasteiger partial charge in [0.1, 0.15) is 16.9 Å². The normalized spacial score (nSPS) is 22.6. The van der Waals surface area contributed by atoms with Crippen molar-refractivity contribution in [2.24, 2.45) is 11.7 Å². The van der Waals surface area contributed by atoms with E-state index in [1.54, 1.807) is 24.3 Å². The van der Waals surface area contributed by atoms with Crippen molar-refractivity contribution in [3.05, 3.63) is 29.8 Å². The van der Waals surface area contributed by atoms with Crippen LogP contribution in [-0.4, -0.2) is 43.5 Å². The van der Waals surface area contributed by atoms with E-state index in [9.17, 15) is 9.59 Å². The lowest BCUT2D eigenvalue weighted by Crippen LogP contribution is -2.48. The molecule has 0 spiro atoms. The van der Waals surface area contributed by atoms with Crippen LogP contribution in [0.1, 0.15) is 50.4 Å². The summed E-state index contributed by atoms with van der Waals surface area (Å²) in [6, 6.07) is 6.92. The molecule has 0 unspecified atom stereocenters. The number of ether oxygens (including phenoxy) is 3. The van der Waals surface area contributed by atoms with Crippen molar-refractivity contribution in [1.82, 2.24) is 5.32 Å². The van der Waals surface area contributed by atoms with Gasteiger partial charge in [0.2, 0.25) is 0 Å². The largest absolute Gasteiger partial charge is 0.492 e. The molecule has 1 saturated carbocycles. The molecule has 1 aliphatic carbocycles. The summed E-state index contributed by atoms with van der Waals surface area (Å²) in [4.78, 5) is 23.8. The van der Waals surface area contributed by atoms with E-state index in [0.29, 0.717) is 24.3 Å². The molecule has 0 aliphatic heterocycles. The molecular formula is C20H30N2O5. The summed E-state index contributed by atoms with van der Waals surface area (Å²) in [5.74, 6) is 0.0891. The van der Waals surface area contributed by atoms with Gasteiger partial charge in [-0.3, -0.25) is 0 Å². The van der Waals surface area contributed by atoms with Gasteiger partial charge < -0.3 is 25.3 Å². The molecule has 1 aromatic carbocycles. The van der Waals surface area contributed by atoms with Gasteiger partial charge in [0.15, 0.2) is 0 Å². The minimum Gasteiger partial charge on any atom is -0.492 e. The zero-order valence-corrected chi connectivity index (χ0v) is 16.5. The Labute approximate surface area is 160 Å². The highest BCUT2D eigenvalue weighted by atomic mass is 16.6. The van der Waals surface area contributed by atoms with Crippen LogP contribution < -0.4 is 15.8 Å². The molecule has 0 aromatic heterocycles. The first-order chi connectivity index (χ1) is 12.7. The first kappa shape index (κ1) is 21.0. The van der Waals surface area contributed by atoms with Crippen LogP contribution in [0.4, 0.5) is 4.79 Å². The summed E-state index contributed by atoms with van der Waals surface area (Å²) in [6.45, 7) is 5.86. The molecule has 0 radical (unpaired) electrons. The van der Waals surface area contributed by atoms with Crippen molar-refractivity contribution in [2.75, 3.05) is 13.7 Å². The van der Waals surface area contributed by atoms with Gasteiger partial charge in [-0.05, 0) is 52.2 Å². The van der Waals surface area contributed by atoms with Gasteiger partial charge >= 0.3 is 12.1 Å². The molecule has 7 nitrogen and oxygen atoms in total. The van der Waals surface area contributed by atoms with Crippen molar-refractivity contribution < 1.29 is 23.8 Å². The number of benzene rings is 1. The lowest BCUT2D eigenvalue weighted by Gasteiger charge is -2.34. The second kappa shape index (κ2) is 9.08. The average Bonchev–Trinajstić information content (AvgIpc) is 2.60. The predicted octanol–water partition coefficient (Wildman–Crippen LogP) is 2.87. The maximum atomic E-state index is 12.0. The molecule has 0 bridgehead atoms. The van der Waals surface area contributed by atoms with E-state index in [-0.39, 0.29) is 18.0 Å². The van der Waals surface area contributed by atoms with Crippen LogP contribution in [0, 0.1) is 5.92 Å². The zero-order chi connectivity index (χ0) is 20.0. The van der Waals surface area contributed by atoms with Crippen LogP contribution >= 0.6 is 0 Å². The van der Waals surface area contributed by atoms with Gasteiger partial charge in [0, 0.05) is 18.0 Å². The number of rotatable bonds is 5. The molecule has 7 heteroatoms. The summed E-state index contributed by atoms with van der Waals surface area (Å²) in [5, 5.41) is 2.92. The molecule has 27 heavy (non-hydrogen) atoms. The Morgan fingerprint density at radius 2 is 1.93 bits per heavy atom. The summed E-state index contributed by atoms with van der Waals surface area (Å²) >= 11 is 0. The highest BCUT2D eigenvalue weighted by Crippen LogP contribution is 2.26. The summed E-state index contributed by atoms with van der Waals surface area (Å²) in [5.41, 5.74) is 6.10. The summed E-state index contributed by atoms with van der Waals surface area (Å²) in [7, 11) is 1.34. The fourth-order valence-corrected chi connectivity index (χ4v) is 3.15. The van der Waals surface area contributed by atoms with Crippen molar-refractivity contribution in [2.45, 2.75) is 57.7 Å². The highest BCUT2D eigenvalue weighted by Gasteiger charge is 2.31. The summed E-state index contributed by atoms with van der Waals surface area (Å²) in [6.07, 6.45) is 1.86. The number of carbonyl (C=O) groups excluding carboxylic acids is 2. The minimum atomic E-state index is -0.532. The van der Waals surface area contributed by atoms with E-state index in [4.69, 9.17) is 19.9 Å². The Morgan fingerprint density at radius 3 is 2.59 bits per heavy atom. The smallest absolute Gasteiger partial charge is 0.407 e. The molecule has 3 N–H and O–H groups in total. The standard InChI is InChI=1S/C20H30N2O5/c1-20(2,3)27-19(24)22-14-9-10-16(21)13(11-14)12-26-17-8-6-5-7-15(17)18(23)25-4/h5-8,13-14,16H,9-12,21H2,1-4H3,(H,22,24)/t13-,14+,16-/m0/s1. The third kappa shape index (κ3) is 6.43. The van der Waals surface area contributed by atoms with Gasteiger partial charge in [0.05, 0.1) is 13.7 Å². The molecule has 1 aromatic rings. The summed E-state index contributed by atoms with van der Waals surface area (Å²) < 4.78 is 16.0. The van der Waals surface area contributed by atoms with Crippen molar-refractivity contribution in [1.29, 1.82) is 0 Å².